The van der Waals surface area contributed by atoms with Crippen molar-refractivity contribution in [3.8, 4) is 6.07 Å². The van der Waals surface area contributed by atoms with E-state index in [1.165, 1.54) is 0 Å². The first kappa shape index (κ1) is 16.6. The van der Waals surface area contributed by atoms with E-state index >= 15 is 0 Å². The van der Waals surface area contributed by atoms with Gasteiger partial charge in [0.05, 0.1) is 18.1 Å². The minimum Gasteiger partial charge on any atom is -0.393 e. The van der Waals surface area contributed by atoms with Crippen LogP contribution in [0.5, 0.6) is 0 Å². The topological polar surface area (TPSA) is 61.1 Å². The number of hydrogen-bond donors (Lipinski definition) is 1. The van der Waals surface area contributed by atoms with Crippen molar-refractivity contribution in [1.82, 2.24) is 0 Å². The molecule has 3 unspecified atom stereocenters. The van der Waals surface area contributed by atoms with Crippen molar-refractivity contribution >= 4 is 5.78 Å². The second-order valence-corrected chi connectivity index (χ2v) is 9.92. The molecule has 0 amide bonds. The quantitative estimate of drug-likeness (QED) is 0.732. The molecule has 1 N–H and O–H groups in total. The fourth-order valence-electron chi connectivity index (χ4n) is 7.63. The highest BCUT2D eigenvalue weighted by molar-refractivity contribution is 5.84. The van der Waals surface area contributed by atoms with E-state index in [4.69, 9.17) is 0 Å². The van der Waals surface area contributed by atoms with Crippen molar-refractivity contribution in [2.75, 3.05) is 0 Å². The van der Waals surface area contributed by atoms with Crippen molar-refractivity contribution in [1.29, 1.82) is 5.26 Å². The smallest absolute Gasteiger partial charge is 0.137 e. The summed E-state index contributed by atoms with van der Waals surface area (Å²) >= 11 is 0. The maximum absolute atomic E-state index is 13.3. The molecule has 0 bridgehead atoms. The van der Waals surface area contributed by atoms with E-state index in [1.807, 2.05) is 0 Å². The van der Waals surface area contributed by atoms with E-state index in [-0.39, 0.29) is 28.8 Å². The largest absolute Gasteiger partial charge is 0.393 e. The molecule has 9 atom stereocenters. The van der Waals surface area contributed by atoms with Gasteiger partial charge in [0, 0.05) is 12.3 Å². The molecule has 3 nitrogen and oxygen atoms in total. The summed E-state index contributed by atoms with van der Waals surface area (Å²) in [6.07, 6.45) is 6.64. The summed E-state index contributed by atoms with van der Waals surface area (Å²) in [5, 5.41) is 19.9. The van der Waals surface area contributed by atoms with E-state index in [9.17, 15) is 15.2 Å². The Morgan fingerprint density at radius 2 is 1.92 bits per heavy atom. The fourth-order valence-corrected chi connectivity index (χ4v) is 7.63. The first-order chi connectivity index (χ1) is 11.3. The SMILES string of the molecule is C[C@H]1C[C@@]2(C)C(CC[C@@H]3C2C(=O)C[C@@]2(C)C3CC[C@@H]2C#N)C[C@@H]1O. The summed E-state index contributed by atoms with van der Waals surface area (Å²) in [5.41, 5.74) is -0.0271. The van der Waals surface area contributed by atoms with Gasteiger partial charge in [-0.15, -0.1) is 0 Å². The van der Waals surface area contributed by atoms with Gasteiger partial charge in [-0.2, -0.15) is 5.26 Å². The van der Waals surface area contributed by atoms with Crippen LogP contribution in [-0.2, 0) is 4.79 Å². The van der Waals surface area contributed by atoms with E-state index in [0.29, 0.717) is 35.9 Å². The first-order valence-corrected chi connectivity index (χ1v) is 9.91. The number of ketones is 1. The van der Waals surface area contributed by atoms with Crippen molar-refractivity contribution in [2.24, 2.45) is 46.3 Å². The van der Waals surface area contributed by atoms with Crippen LogP contribution < -0.4 is 0 Å². The van der Waals surface area contributed by atoms with Gasteiger partial charge < -0.3 is 5.11 Å². The highest BCUT2D eigenvalue weighted by Gasteiger charge is 2.63. The predicted octanol–water partition coefficient (Wildman–Crippen LogP) is 3.95. The average Bonchev–Trinajstić information content (AvgIpc) is 2.84. The normalized spacial score (nSPS) is 56.8. The van der Waals surface area contributed by atoms with Crippen molar-refractivity contribution < 1.29 is 9.90 Å². The van der Waals surface area contributed by atoms with Gasteiger partial charge in [-0.25, -0.2) is 0 Å². The lowest BCUT2D eigenvalue weighted by atomic mass is 9.43. The lowest BCUT2D eigenvalue weighted by Crippen LogP contribution is -2.58. The molecule has 0 spiro atoms. The molecule has 4 aliphatic carbocycles. The number of Topliss-reactive ketones (excluding diaryl/α,β-unsaturated/α-hetero) is 1. The van der Waals surface area contributed by atoms with Crippen LogP contribution in [0.4, 0.5) is 0 Å². The molecule has 132 valence electrons. The molecule has 0 aliphatic heterocycles. The molecule has 0 radical (unpaired) electrons. The fraction of sp³-hybridized carbons (Fsp3) is 0.905. The number of aliphatic hydroxyl groups excluding tert-OH is 1. The third-order valence-corrected chi connectivity index (χ3v) is 8.85. The lowest BCUT2D eigenvalue weighted by Gasteiger charge is -2.60. The van der Waals surface area contributed by atoms with Crippen molar-refractivity contribution in [2.45, 2.75) is 71.8 Å². The first-order valence-electron chi connectivity index (χ1n) is 9.91. The van der Waals surface area contributed by atoms with E-state index in [0.717, 1.165) is 38.5 Å². The molecule has 24 heavy (non-hydrogen) atoms. The molecule has 0 saturated heterocycles. The van der Waals surface area contributed by atoms with Crippen LogP contribution in [0.25, 0.3) is 0 Å². The van der Waals surface area contributed by atoms with E-state index < -0.39 is 0 Å². The van der Waals surface area contributed by atoms with Crippen molar-refractivity contribution in [3.63, 3.8) is 0 Å². The van der Waals surface area contributed by atoms with Crippen LogP contribution in [0.2, 0.25) is 0 Å². The number of fused-ring (bicyclic) bond motifs is 5. The Labute approximate surface area is 145 Å². The standard InChI is InChI=1S/C21H31NO2/c1-12-9-21(3)13(8-17(12)23)4-6-15-16-7-5-14(11-22)20(16,2)10-18(24)19(15)21/h12-17,19,23H,4-10H2,1-3H3/t12-,13?,14+,15-,16?,17-,19?,20+,21-/m0/s1. The molecule has 4 fully saturated rings. The number of carbonyl (C=O) groups excluding carboxylic acids is 1. The molecule has 0 aromatic heterocycles. The Morgan fingerprint density at radius 3 is 2.62 bits per heavy atom. The highest BCUT2D eigenvalue weighted by atomic mass is 16.3. The maximum Gasteiger partial charge on any atom is 0.137 e. The zero-order valence-electron chi connectivity index (χ0n) is 15.3. The summed E-state index contributed by atoms with van der Waals surface area (Å²) in [7, 11) is 0. The molecule has 4 rings (SSSR count). The average molecular weight is 329 g/mol. The van der Waals surface area contributed by atoms with Gasteiger partial charge >= 0.3 is 0 Å². The summed E-state index contributed by atoms with van der Waals surface area (Å²) in [5.74, 6) is 2.46. The van der Waals surface area contributed by atoms with Gasteiger partial charge in [0.1, 0.15) is 5.78 Å². The summed E-state index contributed by atoms with van der Waals surface area (Å²) in [4.78, 5) is 13.3. The van der Waals surface area contributed by atoms with Gasteiger partial charge in [0.15, 0.2) is 0 Å². The van der Waals surface area contributed by atoms with Gasteiger partial charge in [0.25, 0.3) is 0 Å². The third kappa shape index (κ3) is 2.02. The maximum atomic E-state index is 13.3. The highest BCUT2D eigenvalue weighted by Crippen LogP contribution is 2.66. The Morgan fingerprint density at radius 1 is 1.17 bits per heavy atom. The Hall–Kier alpha value is -0.880. The monoisotopic (exact) mass is 329 g/mol. The minimum atomic E-state index is -0.196. The van der Waals surface area contributed by atoms with Crippen LogP contribution in [0.15, 0.2) is 0 Å². The van der Waals surface area contributed by atoms with Crippen LogP contribution >= 0.6 is 0 Å². The van der Waals surface area contributed by atoms with Crippen LogP contribution in [0, 0.1) is 57.7 Å². The van der Waals surface area contributed by atoms with Crippen molar-refractivity contribution in [3.05, 3.63) is 0 Å². The number of carbonyl (C=O) groups is 1. The minimum absolute atomic E-state index is 0.0602. The van der Waals surface area contributed by atoms with Crippen LogP contribution in [0.3, 0.4) is 0 Å². The third-order valence-electron chi connectivity index (χ3n) is 8.85. The molecule has 4 saturated carbocycles. The molecule has 0 aromatic carbocycles. The second kappa shape index (κ2) is 5.31. The second-order valence-electron chi connectivity index (χ2n) is 9.92. The Balaban J connectivity index is 1.70. The summed E-state index contributed by atoms with van der Waals surface area (Å²) in [6.45, 7) is 6.71. The number of nitriles is 1. The summed E-state index contributed by atoms with van der Waals surface area (Å²) in [6, 6.07) is 2.51. The van der Waals surface area contributed by atoms with Gasteiger partial charge in [0.2, 0.25) is 0 Å². The van der Waals surface area contributed by atoms with Gasteiger partial charge in [-0.1, -0.05) is 20.8 Å². The molecule has 4 aliphatic rings. The Kier molecular flexibility index (Phi) is 3.67. The molecule has 0 aromatic rings. The van der Waals surface area contributed by atoms with Gasteiger partial charge in [-0.05, 0) is 73.0 Å². The number of aliphatic hydroxyl groups is 1. The number of hydrogen-bond acceptors (Lipinski definition) is 3. The predicted molar refractivity (Wildman–Crippen MR) is 91.8 cm³/mol. The van der Waals surface area contributed by atoms with Gasteiger partial charge in [-0.3, -0.25) is 4.79 Å². The van der Waals surface area contributed by atoms with Crippen LogP contribution in [-0.4, -0.2) is 17.0 Å². The number of nitrogens with zero attached hydrogens (tertiary/aromatic N) is 1. The number of rotatable bonds is 0. The van der Waals surface area contributed by atoms with Crippen LogP contribution in [0.1, 0.15) is 65.7 Å². The van der Waals surface area contributed by atoms with E-state index in [1.54, 1.807) is 0 Å². The zero-order chi connectivity index (χ0) is 17.3. The zero-order valence-corrected chi connectivity index (χ0v) is 15.3. The van der Waals surface area contributed by atoms with E-state index in [2.05, 4.69) is 26.8 Å². The Bertz CT molecular complexity index is 595. The molecule has 0 heterocycles. The summed E-state index contributed by atoms with van der Waals surface area (Å²) < 4.78 is 0. The molecular formula is C21H31NO2. The lowest BCUT2D eigenvalue weighted by molar-refractivity contribution is -0.164. The molecular weight excluding hydrogens is 298 g/mol. The molecule has 3 heteroatoms.